The fraction of sp³-hybridized carbons (Fsp3) is 0.320. The molecule has 8 heteroatoms. The lowest BCUT2D eigenvalue weighted by atomic mass is 9.91. The summed E-state index contributed by atoms with van der Waals surface area (Å²) in [5.41, 5.74) is 4.48. The van der Waals surface area contributed by atoms with Gasteiger partial charge in [-0.3, -0.25) is 14.5 Å². The van der Waals surface area contributed by atoms with Gasteiger partial charge in [-0.2, -0.15) is 0 Å². The van der Waals surface area contributed by atoms with Crippen LogP contribution in [0.4, 0.5) is 14.9 Å². The van der Waals surface area contributed by atoms with Gasteiger partial charge in [-0.05, 0) is 63.1 Å². The van der Waals surface area contributed by atoms with Gasteiger partial charge in [0.1, 0.15) is 11.9 Å². The minimum atomic E-state index is -0.790. The average molecular weight is 451 g/mol. The van der Waals surface area contributed by atoms with E-state index in [1.54, 1.807) is 11.8 Å². The molecule has 0 unspecified atom stereocenters. The molecule has 2 aromatic carbocycles. The Bertz CT molecular complexity index is 1160. The molecule has 0 aromatic heterocycles. The number of nitrogens with one attached hydrogen (secondary N) is 2. The van der Waals surface area contributed by atoms with Crippen molar-refractivity contribution in [3.63, 3.8) is 0 Å². The van der Waals surface area contributed by atoms with E-state index in [0.29, 0.717) is 23.5 Å². The molecule has 2 aromatic rings. The van der Waals surface area contributed by atoms with Gasteiger partial charge in [0.05, 0.1) is 23.9 Å². The fourth-order valence-corrected chi connectivity index (χ4v) is 4.46. The molecule has 4 rings (SSSR count). The molecule has 2 atom stereocenters. The number of halogens is 1. The van der Waals surface area contributed by atoms with Gasteiger partial charge in [0, 0.05) is 12.2 Å². The molecule has 0 saturated carbocycles. The first-order chi connectivity index (χ1) is 15.7. The van der Waals surface area contributed by atoms with Crippen LogP contribution in [-0.2, 0) is 9.59 Å². The topological polar surface area (TPSA) is 81.8 Å². The van der Waals surface area contributed by atoms with Crippen molar-refractivity contribution in [2.24, 2.45) is 0 Å². The van der Waals surface area contributed by atoms with E-state index in [2.05, 4.69) is 10.6 Å². The first kappa shape index (κ1) is 22.5. The standard InChI is InChI=1S/C25H27FN4O3/c1-5-29-20-13-30(16(4)23(31)27-18-9-7-17(26)8-10-18)24(32)21(20)22(28-25(29)33)19-11-6-14(2)12-15(19)3/h6-12,16,22H,5,13H2,1-4H3,(H,27,31)(H,28,33)/t16-,22+/m0/s1. The number of carbonyl (C=O) groups is 3. The third-order valence-corrected chi connectivity index (χ3v) is 6.26. The maximum atomic E-state index is 13.6. The zero-order valence-corrected chi connectivity index (χ0v) is 19.1. The van der Waals surface area contributed by atoms with E-state index in [1.807, 2.05) is 39.0 Å². The van der Waals surface area contributed by atoms with Gasteiger partial charge < -0.3 is 15.5 Å². The smallest absolute Gasteiger partial charge is 0.322 e. The van der Waals surface area contributed by atoms with Crippen LogP contribution in [0, 0.1) is 19.7 Å². The fourth-order valence-electron chi connectivity index (χ4n) is 4.46. The van der Waals surface area contributed by atoms with Crippen LogP contribution in [-0.4, -0.2) is 46.8 Å². The lowest BCUT2D eigenvalue weighted by Gasteiger charge is -2.33. The number of likely N-dealkylation sites (N-methyl/N-ethyl adjacent to an activating group) is 1. The molecule has 4 amide bonds. The summed E-state index contributed by atoms with van der Waals surface area (Å²) in [5, 5.41) is 5.70. The summed E-state index contributed by atoms with van der Waals surface area (Å²) in [6.07, 6.45) is 0. The number of carbonyl (C=O) groups excluding carboxylic acids is 3. The molecule has 2 heterocycles. The van der Waals surface area contributed by atoms with Crippen LogP contribution in [0.2, 0.25) is 0 Å². The minimum Gasteiger partial charge on any atom is -0.326 e. The maximum Gasteiger partial charge on any atom is 0.322 e. The molecule has 0 radical (unpaired) electrons. The van der Waals surface area contributed by atoms with Gasteiger partial charge >= 0.3 is 6.03 Å². The van der Waals surface area contributed by atoms with Gasteiger partial charge in [0.2, 0.25) is 5.91 Å². The van der Waals surface area contributed by atoms with Crippen molar-refractivity contribution >= 4 is 23.5 Å². The minimum absolute atomic E-state index is 0.162. The normalized spacial score (nSPS) is 18.9. The number of amides is 4. The van der Waals surface area contributed by atoms with E-state index in [-0.39, 0.29) is 24.4 Å². The Morgan fingerprint density at radius 3 is 2.52 bits per heavy atom. The molecule has 2 N–H and O–H groups in total. The highest BCUT2D eigenvalue weighted by atomic mass is 19.1. The molecule has 0 spiro atoms. The first-order valence-electron chi connectivity index (χ1n) is 11.0. The quantitative estimate of drug-likeness (QED) is 0.730. The predicted octanol–water partition coefficient (Wildman–Crippen LogP) is 3.65. The van der Waals surface area contributed by atoms with E-state index in [9.17, 15) is 18.8 Å². The van der Waals surface area contributed by atoms with E-state index >= 15 is 0 Å². The predicted molar refractivity (Wildman–Crippen MR) is 123 cm³/mol. The Labute approximate surface area is 192 Å². The van der Waals surface area contributed by atoms with Crippen LogP contribution < -0.4 is 10.6 Å². The Kier molecular flexibility index (Phi) is 5.93. The van der Waals surface area contributed by atoms with Crippen molar-refractivity contribution in [3.8, 4) is 0 Å². The molecule has 0 bridgehead atoms. The molecule has 0 aliphatic carbocycles. The number of hydrogen-bond donors (Lipinski definition) is 2. The molecule has 33 heavy (non-hydrogen) atoms. The van der Waals surface area contributed by atoms with Gasteiger partial charge in [-0.1, -0.05) is 23.8 Å². The van der Waals surface area contributed by atoms with Crippen LogP contribution in [0.1, 0.15) is 36.6 Å². The van der Waals surface area contributed by atoms with Gasteiger partial charge in [-0.25, -0.2) is 9.18 Å². The molecule has 0 fully saturated rings. The number of urea groups is 1. The summed E-state index contributed by atoms with van der Waals surface area (Å²) >= 11 is 0. The second-order valence-corrected chi connectivity index (χ2v) is 8.45. The summed E-state index contributed by atoms with van der Waals surface area (Å²) < 4.78 is 13.2. The number of aryl methyl sites for hydroxylation is 2. The van der Waals surface area contributed by atoms with Crippen LogP contribution in [0.5, 0.6) is 0 Å². The zero-order valence-electron chi connectivity index (χ0n) is 19.1. The van der Waals surface area contributed by atoms with E-state index in [0.717, 1.165) is 16.7 Å². The molecular formula is C25H27FN4O3. The second-order valence-electron chi connectivity index (χ2n) is 8.45. The maximum absolute atomic E-state index is 13.6. The molecule has 172 valence electrons. The zero-order chi connectivity index (χ0) is 23.9. The highest BCUT2D eigenvalue weighted by Gasteiger charge is 2.46. The van der Waals surface area contributed by atoms with Crippen molar-refractivity contribution in [1.82, 2.24) is 15.1 Å². The van der Waals surface area contributed by atoms with E-state index in [4.69, 9.17) is 0 Å². The summed E-state index contributed by atoms with van der Waals surface area (Å²) in [6.45, 7) is 8.00. The Hall–Kier alpha value is -3.68. The summed E-state index contributed by atoms with van der Waals surface area (Å²) in [6, 6.07) is 9.71. The van der Waals surface area contributed by atoms with Crippen molar-refractivity contribution in [3.05, 3.63) is 76.2 Å². The SMILES string of the molecule is CCN1C(=O)N[C@H](c2ccc(C)cc2C)C2=C1CN([C@@H](C)C(=O)Nc1ccc(F)cc1)C2=O. The van der Waals surface area contributed by atoms with Crippen molar-refractivity contribution < 1.29 is 18.8 Å². The summed E-state index contributed by atoms with van der Waals surface area (Å²) in [5.74, 6) is -1.07. The lowest BCUT2D eigenvalue weighted by molar-refractivity contribution is -0.133. The summed E-state index contributed by atoms with van der Waals surface area (Å²) in [7, 11) is 0. The van der Waals surface area contributed by atoms with E-state index < -0.39 is 17.9 Å². The Morgan fingerprint density at radius 2 is 1.88 bits per heavy atom. The van der Waals surface area contributed by atoms with Gasteiger partial charge in [-0.15, -0.1) is 0 Å². The van der Waals surface area contributed by atoms with Crippen LogP contribution in [0.3, 0.4) is 0 Å². The van der Waals surface area contributed by atoms with Gasteiger partial charge in [0.25, 0.3) is 5.91 Å². The lowest BCUT2D eigenvalue weighted by Crippen LogP contribution is -2.47. The third kappa shape index (κ3) is 4.08. The molecule has 2 aliphatic heterocycles. The van der Waals surface area contributed by atoms with Crippen molar-refractivity contribution in [2.75, 3.05) is 18.4 Å². The number of rotatable bonds is 5. The monoisotopic (exact) mass is 450 g/mol. The number of benzene rings is 2. The highest BCUT2D eigenvalue weighted by molar-refractivity contribution is 6.05. The number of nitrogens with zero attached hydrogens (tertiary/aromatic N) is 2. The van der Waals surface area contributed by atoms with E-state index in [1.165, 1.54) is 29.2 Å². The highest BCUT2D eigenvalue weighted by Crippen LogP contribution is 2.38. The Balaban J connectivity index is 1.63. The van der Waals surface area contributed by atoms with Crippen molar-refractivity contribution in [1.29, 1.82) is 0 Å². The van der Waals surface area contributed by atoms with Crippen LogP contribution in [0.15, 0.2) is 53.7 Å². The second kappa shape index (κ2) is 8.69. The molecule has 0 saturated heterocycles. The summed E-state index contributed by atoms with van der Waals surface area (Å²) in [4.78, 5) is 42.3. The first-order valence-corrected chi connectivity index (χ1v) is 11.0. The van der Waals surface area contributed by atoms with Gasteiger partial charge in [0.15, 0.2) is 0 Å². The molecular weight excluding hydrogens is 423 g/mol. The average Bonchev–Trinajstić information content (AvgIpc) is 3.11. The van der Waals surface area contributed by atoms with Crippen LogP contribution in [0.25, 0.3) is 0 Å². The third-order valence-electron chi connectivity index (χ3n) is 6.26. The largest absolute Gasteiger partial charge is 0.326 e. The Morgan fingerprint density at radius 1 is 1.18 bits per heavy atom. The molecule has 2 aliphatic rings. The number of anilines is 1. The molecule has 7 nitrogen and oxygen atoms in total. The van der Waals surface area contributed by atoms with Crippen LogP contribution >= 0.6 is 0 Å². The number of hydrogen-bond acceptors (Lipinski definition) is 3. The van der Waals surface area contributed by atoms with Crippen molar-refractivity contribution in [2.45, 2.75) is 39.8 Å².